The molecule has 2 aliphatic heterocycles. The third kappa shape index (κ3) is 3.80. The highest BCUT2D eigenvalue weighted by Gasteiger charge is 2.41. The Hall–Kier alpha value is -2.27. The molecule has 2 aromatic heterocycles. The Bertz CT molecular complexity index is 894. The van der Waals surface area contributed by atoms with Crippen molar-refractivity contribution in [1.29, 1.82) is 0 Å². The summed E-state index contributed by atoms with van der Waals surface area (Å²) in [6, 6.07) is 2.08. The Morgan fingerprint density at radius 1 is 1.31 bits per heavy atom. The number of nitrogens with two attached hydrogens (primary N) is 1. The first-order chi connectivity index (χ1) is 14.2. The van der Waals surface area contributed by atoms with E-state index in [1.54, 1.807) is 6.20 Å². The number of aliphatic imine (C=N–C) groups is 1. The van der Waals surface area contributed by atoms with E-state index in [2.05, 4.69) is 20.2 Å². The Morgan fingerprint density at radius 2 is 2.14 bits per heavy atom. The number of aliphatic hydroxyl groups excluding tert-OH is 1. The number of nitrogens with zero attached hydrogens (tertiary/aromatic N) is 5. The van der Waals surface area contributed by atoms with Gasteiger partial charge < -0.3 is 25.8 Å². The van der Waals surface area contributed by atoms with Gasteiger partial charge in [-0.1, -0.05) is 0 Å². The molecule has 0 aromatic carbocycles. The topological polar surface area (TPSA) is 112 Å². The van der Waals surface area contributed by atoms with Gasteiger partial charge in [-0.15, -0.1) is 11.3 Å². The SMILES string of the molecule is Nc1cc(NCCN2CCOCC2)nc2c1N=C(c1nccs1)C(O)N2C1CC1. The number of hydrogen-bond donors (Lipinski definition) is 3. The highest BCUT2D eigenvalue weighted by molar-refractivity contribution is 7.11. The first kappa shape index (κ1) is 18.7. The van der Waals surface area contributed by atoms with Crippen LogP contribution < -0.4 is 16.0 Å². The second kappa shape index (κ2) is 7.86. The summed E-state index contributed by atoms with van der Waals surface area (Å²) in [5, 5.41) is 17.0. The summed E-state index contributed by atoms with van der Waals surface area (Å²) in [4.78, 5) is 18.1. The van der Waals surface area contributed by atoms with Gasteiger partial charge in [0.25, 0.3) is 0 Å². The van der Waals surface area contributed by atoms with Gasteiger partial charge in [0.15, 0.2) is 12.0 Å². The average molecular weight is 416 g/mol. The average Bonchev–Trinajstić information content (AvgIpc) is 3.41. The quantitative estimate of drug-likeness (QED) is 0.647. The predicted molar refractivity (Wildman–Crippen MR) is 114 cm³/mol. The van der Waals surface area contributed by atoms with E-state index in [9.17, 15) is 5.11 Å². The van der Waals surface area contributed by atoms with Gasteiger partial charge in [0.1, 0.15) is 22.2 Å². The van der Waals surface area contributed by atoms with Crippen molar-refractivity contribution >= 4 is 40.1 Å². The summed E-state index contributed by atoms with van der Waals surface area (Å²) >= 11 is 1.46. The van der Waals surface area contributed by atoms with Gasteiger partial charge >= 0.3 is 0 Å². The predicted octanol–water partition coefficient (Wildman–Crippen LogP) is 1.29. The van der Waals surface area contributed by atoms with Gasteiger partial charge in [-0.2, -0.15) is 0 Å². The second-order valence-corrected chi connectivity index (χ2v) is 8.39. The van der Waals surface area contributed by atoms with Gasteiger partial charge in [0, 0.05) is 49.9 Å². The lowest BCUT2D eigenvalue weighted by molar-refractivity contribution is 0.0398. The molecule has 2 aromatic rings. The van der Waals surface area contributed by atoms with Gasteiger partial charge in [-0.05, 0) is 12.8 Å². The minimum absolute atomic E-state index is 0.254. The summed E-state index contributed by atoms with van der Waals surface area (Å²) < 4.78 is 5.39. The van der Waals surface area contributed by atoms with Crippen molar-refractivity contribution in [2.45, 2.75) is 25.1 Å². The van der Waals surface area contributed by atoms with Crippen LogP contribution in [0.5, 0.6) is 0 Å². The van der Waals surface area contributed by atoms with Crippen LogP contribution in [0.25, 0.3) is 0 Å². The van der Waals surface area contributed by atoms with Gasteiger partial charge in [0.05, 0.1) is 18.9 Å². The molecule has 2 fully saturated rings. The van der Waals surface area contributed by atoms with Crippen LogP contribution in [-0.2, 0) is 4.74 Å². The zero-order valence-corrected chi connectivity index (χ0v) is 16.9. The van der Waals surface area contributed by atoms with Crippen molar-refractivity contribution in [3.63, 3.8) is 0 Å². The van der Waals surface area contributed by atoms with Crippen LogP contribution in [0.3, 0.4) is 0 Å². The van der Waals surface area contributed by atoms with Crippen molar-refractivity contribution < 1.29 is 9.84 Å². The maximum absolute atomic E-state index is 11.0. The van der Waals surface area contributed by atoms with Crippen LogP contribution in [0.1, 0.15) is 17.8 Å². The number of rotatable bonds is 6. The Balaban J connectivity index is 1.40. The van der Waals surface area contributed by atoms with E-state index in [4.69, 9.17) is 15.5 Å². The smallest absolute Gasteiger partial charge is 0.175 e. The number of nitrogens with one attached hydrogen (secondary N) is 1. The Kier molecular flexibility index (Phi) is 5.08. The molecule has 1 unspecified atom stereocenters. The van der Waals surface area contributed by atoms with E-state index in [1.165, 1.54) is 11.3 Å². The maximum atomic E-state index is 11.0. The van der Waals surface area contributed by atoms with Crippen molar-refractivity contribution in [1.82, 2.24) is 14.9 Å². The zero-order valence-electron chi connectivity index (χ0n) is 16.1. The molecule has 0 bridgehead atoms. The summed E-state index contributed by atoms with van der Waals surface area (Å²) in [6.45, 7) is 5.18. The molecular formula is C19H25N7O2S. The van der Waals surface area contributed by atoms with Crippen LogP contribution in [0, 0.1) is 0 Å². The van der Waals surface area contributed by atoms with E-state index < -0.39 is 6.23 Å². The van der Waals surface area contributed by atoms with Crippen molar-refractivity contribution in [3.8, 4) is 0 Å². The van der Waals surface area contributed by atoms with Crippen LogP contribution in [0.2, 0.25) is 0 Å². The van der Waals surface area contributed by atoms with E-state index in [1.807, 2.05) is 16.3 Å². The largest absolute Gasteiger partial charge is 0.397 e. The zero-order chi connectivity index (χ0) is 19.8. The number of anilines is 3. The molecule has 1 saturated heterocycles. The number of nitrogen functional groups attached to an aromatic ring is 1. The summed E-state index contributed by atoms with van der Waals surface area (Å²) in [6.07, 6.45) is 2.90. The summed E-state index contributed by atoms with van der Waals surface area (Å²) in [5.41, 5.74) is 8.07. The van der Waals surface area contributed by atoms with E-state index in [-0.39, 0.29) is 6.04 Å². The fourth-order valence-corrected chi connectivity index (χ4v) is 4.40. The number of aromatic nitrogens is 2. The minimum Gasteiger partial charge on any atom is -0.397 e. The lowest BCUT2D eigenvalue weighted by atomic mass is 10.2. The first-order valence-corrected chi connectivity index (χ1v) is 10.9. The molecular weight excluding hydrogens is 390 g/mol. The fourth-order valence-electron chi connectivity index (χ4n) is 3.76. The standard InChI is InChI=1S/C19H25N7O2S/c20-13-11-14(21-3-5-25-6-8-28-9-7-25)23-17-15(13)24-16(18-22-4-10-29-18)19(27)26(17)12-1-2-12/h4,10-12,19,27H,1-3,5-9H2,(H3,20,21,23). The minimum atomic E-state index is -0.864. The van der Waals surface area contributed by atoms with Gasteiger partial charge in [-0.25, -0.2) is 15.0 Å². The maximum Gasteiger partial charge on any atom is 0.175 e. The fraction of sp³-hybridized carbons (Fsp3) is 0.526. The van der Waals surface area contributed by atoms with Gasteiger partial charge in [0.2, 0.25) is 0 Å². The normalized spacial score (nSPS) is 22.3. The molecule has 0 amide bonds. The van der Waals surface area contributed by atoms with Crippen LogP contribution in [0.4, 0.5) is 23.0 Å². The number of pyridine rings is 1. The molecule has 4 N–H and O–H groups in total. The molecule has 1 atom stereocenters. The number of ether oxygens (including phenoxy) is 1. The molecule has 9 nitrogen and oxygen atoms in total. The Morgan fingerprint density at radius 3 is 2.86 bits per heavy atom. The molecule has 0 spiro atoms. The highest BCUT2D eigenvalue weighted by Crippen LogP contribution is 2.44. The molecule has 5 rings (SSSR count). The number of morpholine rings is 1. The number of aliphatic hydroxyl groups is 1. The number of hydrogen-bond acceptors (Lipinski definition) is 10. The third-order valence-corrected chi connectivity index (χ3v) is 6.21. The van der Waals surface area contributed by atoms with Gasteiger partial charge in [-0.3, -0.25) is 4.90 Å². The number of thiazole rings is 1. The van der Waals surface area contributed by atoms with E-state index in [0.29, 0.717) is 33.7 Å². The van der Waals surface area contributed by atoms with Crippen LogP contribution in [0.15, 0.2) is 22.6 Å². The molecule has 1 saturated carbocycles. The van der Waals surface area contributed by atoms with Crippen molar-refractivity contribution in [2.24, 2.45) is 4.99 Å². The lowest BCUT2D eigenvalue weighted by Gasteiger charge is -2.34. The summed E-state index contributed by atoms with van der Waals surface area (Å²) in [7, 11) is 0. The van der Waals surface area contributed by atoms with E-state index >= 15 is 0 Å². The monoisotopic (exact) mass is 415 g/mol. The molecule has 10 heteroatoms. The molecule has 4 heterocycles. The van der Waals surface area contributed by atoms with Crippen LogP contribution >= 0.6 is 11.3 Å². The lowest BCUT2D eigenvalue weighted by Crippen LogP contribution is -2.45. The van der Waals surface area contributed by atoms with E-state index in [0.717, 1.165) is 52.2 Å². The molecule has 1 aliphatic carbocycles. The first-order valence-electron chi connectivity index (χ1n) is 10.00. The molecule has 29 heavy (non-hydrogen) atoms. The molecule has 0 radical (unpaired) electrons. The highest BCUT2D eigenvalue weighted by atomic mass is 32.1. The molecule has 154 valence electrons. The second-order valence-electron chi connectivity index (χ2n) is 7.50. The van der Waals surface area contributed by atoms with Crippen LogP contribution in [-0.4, -0.2) is 77.3 Å². The van der Waals surface area contributed by atoms with Crippen molar-refractivity contribution in [2.75, 3.05) is 55.3 Å². The number of fused-ring (bicyclic) bond motifs is 1. The Labute approximate surface area is 173 Å². The summed E-state index contributed by atoms with van der Waals surface area (Å²) in [5.74, 6) is 1.36. The molecule has 3 aliphatic rings. The third-order valence-electron chi connectivity index (χ3n) is 5.42. The van der Waals surface area contributed by atoms with Crippen molar-refractivity contribution in [3.05, 3.63) is 22.7 Å².